The van der Waals surface area contributed by atoms with Crippen molar-refractivity contribution in [2.24, 2.45) is 5.73 Å². The van der Waals surface area contributed by atoms with Gasteiger partial charge in [-0.3, -0.25) is 10.1 Å². The van der Waals surface area contributed by atoms with E-state index < -0.39 is 15.3 Å². The largest absolute Gasteiger partial charge is 0.321 e. The van der Waals surface area contributed by atoms with Crippen LogP contribution in [0.5, 0.6) is 0 Å². The maximum atomic E-state index is 10.5. The highest BCUT2D eigenvalue weighted by Gasteiger charge is 2.40. The van der Waals surface area contributed by atoms with Gasteiger partial charge >= 0.3 is 0 Å². The van der Waals surface area contributed by atoms with E-state index in [1.807, 2.05) is 6.07 Å². The van der Waals surface area contributed by atoms with Crippen LogP contribution < -0.4 is 5.73 Å². The smallest absolute Gasteiger partial charge is 0.269 e. The van der Waals surface area contributed by atoms with E-state index in [9.17, 15) is 10.1 Å². The topological polar surface area (TPSA) is 92.9 Å². The molecule has 0 aliphatic heterocycles. The first kappa shape index (κ1) is 11.2. The van der Waals surface area contributed by atoms with Crippen LogP contribution in [0.25, 0.3) is 0 Å². The first-order chi connectivity index (χ1) is 6.40. The van der Waals surface area contributed by atoms with Crippen LogP contribution in [0.2, 0.25) is 0 Å². The Morgan fingerprint density at radius 2 is 2.43 bits per heavy atom. The van der Waals surface area contributed by atoms with Gasteiger partial charge in [0.1, 0.15) is 0 Å². The summed E-state index contributed by atoms with van der Waals surface area (Å²) in [5.74, 6) is 0. The molecule has 0 aromatic carbocycles. The minimum absolute atomic E-state index is 0.0811. The first-order valence-electron chi connectivity index (χ1n) is 3.51. The molecule has 74 valence electrons. The first-order valence-corrected chi connectivity index (χ1v) is 4.68. The molecule has 0 heterocycles. The number of halogens is 2. The van der Waals surface area contributed by atoms with Crippen LogP contribution in [0, 0.1) is 21.4 Å². The van der Waals surface area contributed by atoms with Gasteiger partial charge < -0.3 is 5.73 Å². The van der Waals surface area contributed by atoms with Crippen LogP contribution in [0.3, 0.4) is 0 Å². The van der Waals surface area contributed by atoms with Gasteiger partial charge in [0.05, 0.1) is 17.0 Å². The molecule has 5 nitrogen and oxygen atoms in total. The zero-order valence-corrected chi connectivity index (χ0v) is 9.12. The molecule has 0 saturated carbocycles. The highest BCUT2D eigenvalue weighted by Crippen LogP contribution is 2.34. The second kappa shape index (κ2) is 3.69. The Bertz CT molecular complexity index is 387. The Morgan fingerprint density at radius 1 is 1.86 bits per heavy atom. The molecule has 14 heavy (non-hydrogen) atoms. The Labute approximate surface area is 93.1 Å². The molecule has 2 N–H and O–H groups in total. The molecule has 0 aromatic heterocycles. The number of hydrogen-bond acceptors (Lipinski definition) is 4. The summed E-state index contributed by atoms with van der Waals surface area (Å²) in [5, 5.41) is 19.4. The van der Waals surface area contributed by atoms with E-state index in [4.69, 9.17) is 22.6 Å². The fraction of sp³-hybridized carbons (Fsp3) is 0.286. The van der Waals surface area contributed by atoms with Crippen LogP contribution in [-0.4, -0.2) is 15.3 Å². The zero-order valence-electron chi connectivity index (χ0n) is 6.78. The third kappa shape index (κ3) is 1.80. The minimum Gasteiger partial charge on any atom is -0.321 e. The molecule has 0 radical (unpaired) electrons. The van der Waals surface area contributed by atoms with E-state index in [-0.39, 0.29) is 10.7 Å². The summed E-state index contributed by atoms with van der Waals surface area (Å²) in [7, 11) is 0. The van der Waals surface area contributed by atoms with Gasteiger partial charge in [-0.05, 0) is 0 Å². The van der Waals surface area contributed by atoms with E-state index in [1.54, 1.807) is 0 Å². The number of hydrogen-bond donors (Lipinski definition) is 1. The van der Waals surface area contributed by atoms with Gasteiger partial charge in [0.2, 0.25) is 0 Å². The summed E-state index contributed by atoms with van der Waals surface area (Å²) >= 11 is 8.70. The van der Waals surface area contributed by atoms with Crippen molar-refractivity contribution in [3.8, 4) is 6.07 Å². The standard InChI is InChI=1S/C7H5BrClN3O2/c8-7(3-10)2-4(12(13)14)1-5(9)6(7)11/h1-2,6H,11H2. The maximum Gasteiger partial charge on any atom is 0.269 e. The molecule has 0 aromatic rings. The number of nitro groups is 1. The van der Waals surface area contributed by atoms with Crippen molar-refractivity contribution in [2.75, 3.05) is 0 Å². The van der Waals surface area contributed by atoms with Gasteiger partial charge in [0, 0.05) is 17.2 Å². The van der Waals surface area contributed by atoms with Crippen LogP contribution in [0.15, 0.2) is 22.9 Å². The third-order valence-electron chi connectivity index (χ3n) is 1.78. The molecule has 1 aliphatic carbocycles. The molecule has 0 spiro atoms. The predicted molar refractivity (Wildman–Crippen MR) is 54.3 cm³/mol. The van der Waals surface area contributed by atoms with Crippen molar-refractivity contribution in [3.05, 3.63) is 33.0 Å². The highest BCUT2D eigenvalue weighted by atomic mass is 79.9. The Balaban J connectivity index is 3.22. The summed E-state index contributed by atoms with van der Waals surface area (Å²) < 4.78 is -1.30. The average molecular weight is 278 g/mol. The molecular weight excluding hydrogens is 273 g/mol. The number of allylic oxidation sites excluding steroid dienone is 1. The normalized spacial score (nSPS) is 31.4. The quantitative estimate of drug-likeness (QED) is 0.444. The lowest BCUT2D eigenvalue weighted by Crippen LogP contribution is -2.43. The molecule has 2 atom stereocenters. The summed E-state index contributed by atoms with van der Waals surface area (Å²) in [4.78, 5) is 9.85. The molecule has 1 rings (SSSR count). The minimum atomic E-state index is -1.30. The van der Waals surface area contributed by atoms with Crippen LogP contribution in [-0.2, 0) is 0 Å². The lowest BCUT2D eigenvalue weighted by molar-refractivity contribution is -0.419. The average Bonchev–Trinajstić information content (AvgIpc) is 2.13. The fourth-order valence-corrected chi connectivity index (χ4v) is 1.88. The van der Waals surface area contributed by atoms with Crippen molar-refractivity contribution in [2.45, 2.75) is 10.4 Å². The monoisotopic (exact) mass is 277 g/mol. The molecular formula is C7H5BrClN3O2. The maximum absolute atomic E-state index is 10.5. The van der Waals surface area contributed by atoms with Crippen molar-refractivity contribution in [3.63, 3.8) is 0 Å². The molecule has 1 aliphatic rings. The predicted octanol–water partition coefficient (Wildman–Crippen LogP) is 1.27. The van der Waals surface area contributed by atoms with E-state index in [2.05, 4.69) is 15.9 Å². The van der Waals surface area contributed by atoms with Crippen molar-refractivity contribution in [1.82, 2.24) is 0 Å². The van der Waals surface area contributed by atoms with Crippen LogP contribution in [0.4, 0.5) is 0 Å². The van der Waals surface area contributed by atoms with Gasteiger partial charge in [0.25, 0.3) is 5.70 Å². The third-order valence-corrected chi connectivity index (χ3v) is 3.02. The molecule has 0 fully saturated rings. The van der Waals surface area contributed by atoms with Gasteiger partial charge in [-0.15, -0.1) is 0 Å². The number of nitrogens with two attached hydrogens (primary N) is 1. The molecule has 7 heteroatoms. The summed E-state index contributed by atoms with van der Waals surface area (Å²) in [6.07, 6.45) is 2.28. The summed E-state index contributed by atoms with van der Waals surface area (Å²) in [5.41, 5.74) is 5.35. The van der Waals surface area contributed by atoms with E-state index in [0.29, 0.717) is 0 Å². The van der Waals surface area contributed by atoms with Gasteiger partial charge in [-0.1, -0.05) is 27.5 Å². The zero-order chi connectivity index (χ0) is 10.9. The fourth-order valence-electron chi connectivity index (χ4n) is 0.986. The molecule has 0 amide bonds. The number of rotatable bonds is 1. The molecule has 0 bridgehead atoms. The second-order valence-corrected chi connectivity index (χ2v) is 4.46. The van der Waals surface area contributed by atoms with E-state index >= 15 is 0 Å². The molecule has 2 unspecified atom stereocenters. The second-order valence-electron chi connectivity index (χ2n) is 2.71. The van der Waals surface area contributed by atoms with Crippen molar-refractivity contribution < 1.29 is 4.92 Å². The highest BCUT2D eigenvalue weighted by molar-refractivity contribution is 9.10. The van der Waals surface area contributed by atoms with E-state index in [0.717, 1.165) is 12.2 Å². The number of nitrogens with zero attached hydrogens (tertiary/aromatic N) is 2. The summed E-state index contributed by atoms with van der Waals surface area (Å²) in [6, 6.07) is 1.04. The Morgan fingerprint density at radius 3 is 2.86 bits per heavy atom. The Kier molecular flexibility index (Phi) is 2.95. The van der Waals surface area contributed by atoms with Crippen LogP contribution in [0.1, 0.15) is 0 Å². The van der Waals surface area contributed by atoms with Crippen molar-refractivity contribution >= 4 is 27.5 Å². The van der Waals surface area contributed by atoms with Gasteiger partial charge in [0.15, 0.2) is 4.32 Å². The number of nitriles is 1. The van der Waals surface area contributed by atoms with Crippen LogP contribution >= 0.6 is 27.5 Å². The lowest BCUT2D eigenvalue weighted by Gasteiger charge is -2.25. The van der Waals surface area contributed by atoms with Crippen molar-refractivity contribution in [1.29, 1.82) is 5.26 Å². The van der Waals surface area contributed by atoms with Gasteiger partial charge in [-0.2, -0.15) is 5.26 Å². The SMILES string of the molecule is N#CC1(Br)C=C([N+](=O)[O-])C=C(Cl)C1N. The number of alkyl halides is 1. The molecule has 0 saturated heterocycles. The summed E-state index contributed by atoms with van der Waals surface area (Å²) in [6.45, 7) is 0. The van der Waals surface area contributed by atoms with E-state index in [1.165, 1.54) is 0 Å². The lowest BCUT2D eigenvalue weighted by atomic mass is 9.95. The van der Waals surface area contributed by atoms with Gasteiger partial charge in [-0.25, -0.2) is 0 Å². The Hall–Kier alpha value is -0.900.